The van der Waals surface area contributed by atoms with Crippen molar-refractivity contribution in [1.29, 1.82) is 0 Å². The van der Waals surface area contributed by atoms with Gasteiger partial charge in [-0.15, -0.1) is 0 Å². The molecule has 1 aromatic heterocycles. The maximum Gasteiger partial charge on any atom is 0.181 e. The minimum atomic E-state index is -0.867. The van der Waals surface area contributed by atoms with E-state index in [1.807, 2.05) is 6.92 Å². The Morgan fingerprint density at radius 1 is 1.31 bits per heavy atom. The molecule has 0 radical (unpaired) electrons. The molecule has 1 aromatic carbocycles. The van der Waals surface area contributed by atoms with Gasteiger partial charge in [0.2, 0.25) is 0 Å². The predicted molar refractivity (Wildman–Crippen MR) is 57.0 cm³/mol. The van der Waals surface area contributed by atoms with Crippen molar-refractivity contribution in [3.05, 3.63) is 47.8 Å². The van der Waals surface area contributed by atoms with Crippen molar-refractivity contribution in [3.8, 4) is 0 Å². The zero-order valence-electron chi connectivity index (χ0n) is 8.67. The van der Waals surface area contributed by atoms with E-state index in [0.29, 0.717) is 0 Å². The van der Waals surface area contributed by atoms with Crippen LogP contribution < -0.4 is 5.32 Å². The van der Waals surface area contributed by atoms with Crippen LogP contribution in [0.2, 0.25) is 0 Å². The molecule has 16 heavy (non-hydrogen) atoms. The summed E-state index contributed by atoms with van der Waals surface area (Å²) in [6.07, 6.45) is 1.61. The van der Waals surface area contributed by atoms with Crippen LogP contribution in [0.25, 0.3) is 0 Å². The lowest BCUT2D eigenvalue weighted by molar-refractivity contribution is 0.510. The van der Waals surface area contributed by atoms with Crippen LogP contribution in [0.1, 0.15) is 18.7 Å². The number of nitrogens with zero attached hydrogens (tertiary/aromatic N) is 1. The second-order valence-electron chi connectivity index (χ2n) is 3.48. The number of hydrogen-bond donors (Lipinski definition) is 2. The molecule has 84 valence electrons. The Hall–Kier alpha value is -1.91. The Kier molecular flexibility index (Phi) is 2.85. The number of nitrogens with one attached hydrogen (secondary N) is 2. The molecular weight excluding hydrogens is 212 g/mol. The SMILES string of the molecule is CC(Nc1cccc(F)c1F)c1ccn[nH]1. The van der Waals surface area contributed by atoms with Gasteiger partial charge in [-0.3, -0.25) is 5.10 Å². The summed E-state index contributed by atoms with van der Waals surface area (Å²) < 4.78 is 26.3. The first-order valence-corrected chi connectivity index (χ1v) is 4.88. The van der Waals surface area contributed by atoms with Crippen molar-refractivity contribution in [2.24, 2.45) is 0 Å². The van der Waals surface area contributed by atoms with Gasteiger partial charge in [-0.25, -0.2) is 8.78 Å². The molecule has 0 aliphatic carbocycles. The third-order valence-corrected chi connectivity index (χ3v) is 2.31. The van der Waals surface area contributed by atoms with Gasteiger partial charge in [-0.2, -0.15) is 5.10 Å². The summed E-state index contributed by atoms with van der Waals surface area (Å²) >= 11 is 0. The lowest BCUT2D eigenvalue weighted by atomic mass is 10.2. The summed E-state index contributed by atoms with van der Waals surface area (Å²) in [7, 11) is 0. The van der Waals surface area contributed by atoms with Crippen molar-refractivity contribution in [2.45, 2.75) is 13.0 Å². The van der Waals surface area contributed by atoms with Crippen LogP contribution in [0, 0.1) is 11.6 Å². The zero-order chi connectivity index (χ0) is 11.5. The first-order valence-electron chi connectivity index (χ1n) is 4.88. The van der Waals surface area contributed by atoms with Gasteiger partial charge >= 0.3 is 0 Å². The third-order valence-electron chi connectivity index (χ3n) is 2.31. The van der Waals surface area contributed by atoms with E-state index < -0.39 is 11.6 Å². The van der Waals surface area contributed by atoms with Gasteiger partial charge in [0, 0.05) is 6.20 Å². The molecule has 2 rings (SSSR count). The molecule has 0 bridgehead atoms. The number of hydrogen-bond acceptors (Lipinski definition) is 2. The molecule has 0 spiro atoms. The molecule has 2 N–H and O–H groups in total. The van der Waals surface area contributed by atoms with E-state index in [9.17, 15) is 8.78 Å². The van der Waals surface area contributed by atoms with Crippen LogP contribution in [0.5, 0.6) is 0 Å². The predicted octanol–water partition coefficient (Wildman–Crippen LogP) is 2.86. The highest BCUT2D eigenvalue weighted by atomic mass is 19.2. The first kappa shape index (κ1) is 10.6. The second-order valence-corrected chi connectivity index (χ2v) is 3.48. The van der Waals surface area contributed by atoms with Crippen LogP contribution in [0.15, 0.2) is 30.5 Å². The number of aromatic amines is 1. The topological polar surface area (TPSA) is 40.7 Å². The van der Waals surface area contributed by atoms with Crippen LogP contribution in [0.4, 0.5) is 14.5 Å². The Labute approximate surface area is 91.5 Å². The first-order chi connectivity index (χ1) is 7.68. The fourth-order valence-corrected chi connectivity index (χ4v) is 1.43. The number of halogens is 2. The summed E-state index contributed by atoms with van der Waals surface area (Å²) in [6, 6.07) is 5.64. The molecule has 3 nitrogen and oxygen atoms in total. The van der Waals surface area contributed by atoms with E-state index in [1.54, 1.807) is 12.3 Å². The van der Waals surface area contributed by atoms with Crippen molar-refractivity contribution < 1.29 is 8.78 Å². The number of aromatic nitrogens is 2. The fourth-order valence-electron chi connectivity index (χ4n) is 1.43. The lowest BCUT2D eigenvalue weighted by Gasteiger charge is -2.14. The molecule has 0 saturated carbocycles. The van der Waals surface area contributed by atoms with Crippen molar-refractivity contribution in [1.82, 2.24) is 10.2 Å². The fraction of sp³-hybridized carbons (Fsp3) is 0.182. The molecule has 0 aliphatic heterocycles. The summed E-state index contributed by atoms with van der Waals surface area (Å²) in [6.45, 7) is 1.83. The van der Waals surface area contributed by atoms with Gasteiger partial charge in [0.1, 0.15) is 0 Å². The Morgan fingerprint density at radius 2 is 2.12 bits per heavy atom. The monoisotopic (exact) mass is 223 g/mol. The van der Waals surface area contributed by atoms with Crippen LogP contribution in [-0.2, 0) is 0 Å². The van der Waals surface area contributed by atoms with E-state index in [2.05, 4.69) is 15.5 Å². The van der Waals surface area contributed by atoms with E-state index >= 15 is 0 Å². The van der Waals surface area contributed by atoms with E-state index in [1.165, 1.54) is 12.1 Å². The minimum absolute atomic E-state index is 0.141. The molecule has 0 fully saturated rings. The maximum absolute atomic E-state index is 13.3. The molecule has 1 atom stereocenters. The Bertz CT molecular complexity index is 468. The van der Waals surface area contributed by atoms with Crippen molar-refractivity contribution in [3.63, 3.8) is 0 Å². The molecule has 1 heterocycles. The standard InChI is InChI=1S/C11H11F2N3/c1-7(9-5-6-14-16-9)15-10-4-2-3-8(12)11(10)13/h2-7,15H,1H3,(H,14,16). The third kappa shape index (κ3) is 2.03. The van der Waals surface area contributed by atoms with Crippen LogP contribution in [0.3, 0.4) is 0 Å². The molecule has 2 aromatic rings. The summed E-state index contributed by atoms with van der Waals surface area (Å²) in [5.41, 5.74) is 0.950. The van der Waals surface area contributed by atoms with E-state index in [-0.39, 0.29) is 11.7 Å². The number of H-pyrrole nitrogens is 1. The van der Waals surface area contributed by atoms with Gasteiger partial charge in [-0.1, -0.05) is 6.07 Å². The van der Waals surface area contributed by atoms with Crippen LogP contribution >= 0.6 is 0 Å². The molecule has 1 unspecified atom stereocenters. The molecule has 0 saturated heterocycles. The van der Waals surface area contributed by atoms with Gasteiger partial charge < -0.3 is 5.32 Å². The van der Waals surface area contributed by atoms with Gasteiger partial charge in [0.05, 0.1) is 17.4 Å². The maximum atomic E-state index is 13.3. The Morgan fingerprint density at radius 3 is 2.81 bits per heavy atom. The van der Waals surface area contributed by atoms with Gasteiger partial charge in [0.15, 0.2) is 11.6 Å². The minimum Gasteiger partial charge on any atom is -0.375 e. The van der Waals surface area contributed by atoms with Gasteiger partial charge in [0.25, 0.3) is 0 Å². The van der Waals surface area contributed by atoms with E-state index in [4.69, 9.17) is 0 Å². The quantitative estimate of drug-likeness (QED) is 0.840. The summed E-state index contributed by atoms with van der Waals surface area (Å²) in [4.78, 5) is 0. The van der Waals surface area contributed by atoms with Gasteiger partial charge in [-0.05, 0) is 25.1 Å². The Balaban J connectivity index is 2.18. The summed E-state index contributed by atoms with van der Waals surface area (Å²) in [5.74, 6) is -1.73. The number of rotatable bonds is 3. The van der Waals surface area contributed by atoms with Crippen LogP contribution in [-0.4, -0.2) is 10.2 Å². The summed E-state index contributed by atoms with van der Waals surface area (Å²) in [5, 5.41) is 9.42. The van der Waals surface area contributed by atoms with Crippen molar-refractivity contribution >= 4 is 5.69 Å². The average molecular weight is 223 g/mol. The van der Waals surface area contributed by atoms with E-state index in [0.717, 1.165) is 11.8 Å². The van der Waals surface area contributed by atoms with Crippen molar-refractivity contribution in [2.75, 3.05) is 5.32 Å². The highest BCUT2D eigenvalue weighted by molar-refractivity contribution is 5.46. The smallest absolute Gasteiger partial charge is 0.181 e. The highest BCUT2D eigenvalue weighted by Crippen LogP contribution is 2.21. The zero-order valence-corrected chi connectivity index (χ0v) is 8.67. The molecule has 0 aliphatic rings. The molecule has 5 heteroatoms. The second kappa shape index (κ2) is 4.30. The largest absolute Gasteiger partial charge is 0.375 e. The average Bonchev–Trinajstić information content (AvgIpc) is 2.78. The highest BCUT2D eigenvalue weighted by Gasteiger charge is 2.11. The lowest BCUT2D eigenvalue weighted by Crippen LogP contribution is -2.09. The molecule has 0 amide bonds. The normalized spacial score (nSPS) is 12.4. The molecular formula is C11H11F2N3. The number of benzene rings is 1. The number of anilines is 1.